The molecule has 0 bridgehead atoms. The number of ether oxygens (including phenoxy) is 1. The number of rotatable bonds is 6. The van der Waals surface area contributed by atoms with E-state index >= 15 is 0 Å². The number of benzene rings is 1. The van der Waals surface area contributed by atoms with Gasteiger partial charge in [-0.25, -0.2) is 9.97 Å². The molecule has 0 fully saturated rings. The fraction of sp³-hybridized carbons (Fsp3) is 0.211. The van der Waals surface area contributed by atoms with Crippen molar-refractivity contribution in [1.29, 1.82) is 0 Å². The monoisotopic (exact) mass is 320 g/mol. The van der Waals surface area contributed by atoms with Crippen LogP contribution in [0.2, 0.25) is 0 Å². The standard InChI is InChI=1S/C19H20N4O/c1-14-12-18(23-19(21-14)15-8-4-3-5-9-15)22-17(13-24-2)16-10-6-7-11-20-16/h3-12,17H,13H2,1-2H3,(H,21,22,23). The maximum absolute atomic E-state index is 5.33. The topological polar surface area (TPSA) is 59.9 Å². The van der Waals surface area contributed by atoms with Gasteiger partial charge in [-0.05, 0) is 19.1 Å². The van der Waals surface area contributed by atoms with Gasteiger partial charge in [-0.15, -0.1) is 0 Å². The molecule has 0 aliphatic carbocycles. The molecule has 0 aliphatic rings. The first kappa shape index (κ1) is 16.1. The highest BCUT2D eigenvalue weighted by molar-refractivity contribution is 5.57. The molecule has 3 rings (SSSR count). The summed E-state index contributed by atoms with van der Waals surface area (Å²) in [5.41, 5.74) is 2.81. The van der Waals surface area contributed by atoms with Gasteiger partial charge in [-0.1, -0.05) is 36.4 Å². The summed E-state index contributed by atoms with van der Waals surface area (Å²) in [5, 5.41) is 3.41. The van der Waals surface area contributed by atoms with Crippen molar-refractivity contribution in [3.63, 3.8) is 0 Å². The minimum atomic E-state index is -0.0749. The third kappa shape index (κ3) is 3.94. The SMILES string of the molecule is COCC(Nc1cc(C)nc(-c2ccccc2)n1)c1ccccn1. The van der Waals surface area contributed by atoms with Crippen LogP contribution < -0.4 is 5.32 Å². The van der Waals surface area contributed by atoms with E-state index in [1.54, 1.807) is 13.3 Å². The molecule has 5 heteroatoms. The maximum atomic E-state index is 5.33. The molecule has 0 spiro atoms. The van der Waals surface area contributed by atoms with Crippen LogP contribution >= 0.6 is 0 Å². The average Bonchev–Trinajstić information content (AvgIpc) is 2.62. The summed E-state index contributed by atoms with van der Waals surface area (Å²) in [4.78, 5) is 13.6. The van der Waals surface area contributed by atoms with Crippen molar-refractivity contribution in [1.82, 2.24) is 15.0 Å². The molecule has 0 saturated carbocycles. The van der Waals surface area contributed by atoms with E-state index in [9.17, 15) is 0 Å². The van der Waals surface area contributed by atoms with Crippen LogP contribution in [-0.4, -0.2) is 28.7 Å². The maximum Gasteiger partial charge on any atom is 0.161 e. The van der Waals surface area contributed by atoms with E-state index in [-0.39, 0.29) is 6.04 Å². The lowest BCUT2D eigenvalue weighted by Gasteiger charge is -2.18. The van der Waals surface area contributed by atoms with Crippen molar-refractivity contribution in [3.8, 4) is 11.4 Å². The quantitative estimate of drug-likeness (QED) is 0.751. The van der Waals surface area contributed by atoms with Crippen LogP contribution in [-0.2, 0) is 4.74 Å². The van der Waals surface area contributed by atoms with Gasteiger partial charge in [0.15, 0.2) is 5.82 Å². The van der Waals surface area contributed by atoms with E-state index in [1.807, 2.05) is 61.5 Å². The molecule has 1 unspecified atom stereocenters. The van der Waals surface area contributed by atoms with Crippen LogP contribution in [0.25, 0.3) is 11.4 Å². The highest BCUT2D eigenvalue weighted by atomic mass is 16.5. The second-order valence-electron chi connectivity index (χ2n) is 5.49. The molecular formula is C19H20N4O. The highest BCUT2D eigenvalue weighted by Crippen LogP contribution is 2.21. The van der Waals surface area contributed by atoms with Crippen LogP contribution in [0.1, 0.15) is 17.4 Å². The number of hydrogen-bond acceptors (Lipinski definition) is 5. The van der Waals surface area contributed by atoms with E-state index in [0.717, 1.165) is 22.8 Å². The molecule has 2 heterocycles. The number of methoxy groups -OCH3 is 1. The predicted molar refractivity (Wildman–Crippen MR) is 94.7 cm³/mol. The van der Waals surface area contributed by atoms with Crippen molar-refractivity contribution >= 4 is 5.82 Å². The van der Waals surface area contributed by atoms with Gasteiger partial charge >= 0.3 is 0 Å². The molecule has 0 amide bonds. The van der Waals surface area contributed by atoms with Crippen molar-refractivity contribution in [3.05, 3.63) is 72.2 Å². The fourth-order valence-electron chi connectivity index (χ4n) is 2.49. The van der Waals surface area contributed by atoms with Gasteiger partial charge in [0, 0.05) is 30.6 Å². The summed E-state index contributed by atoms with van der Waals surface area (Å²) in [5.74, 6) is 1.46. The Morgan fingerprint density at radius 1 is 1.04 bits per heavy atom. The number of hydrogen-bond donors (Lipinski definition) is 1. The molecule has 24 heavy (non-hydrogen) atoms. The molecule has 1 aromatic carbocycles. The van der Waals surface area contributed by atoms with Gasteiger partial charge in [-0.3, -0.25) is 4.98 Å². The number of anilines is 1. The Bertz CT molecular complexity index is 778. The first-order chi connectivity index (χ1) is 11.8. The summed E-state index contributed by atoms with van der Waals surface area (Å²) >= 11 is 0. The molecule has 5 nitrogen and oxygen atoms in total. The molecule has 0 saturated heterocycles. The zero-order chi connectivity index (χ0) is 16.8. The summed E-state index contributed by atoms with van der Waals surface area (Å²) in [7, 11) is 1.68. The van der Waals surface area contributed by atoms with Crippen molar-refractivity contribution in [2.24, 2.45) is 0 Å². The minimum absolute atomic E-state index is 0.0749. The molecule has 1 N–H and O–H groups in total. The largest absolute Gasteiger partial charge is 0.382 e. The van der Waals surface area contributed by atoms with Gasteiger partial charge in [0.05, 0.1) is 18.3 Å². The molecule has 2 aromatic heterocycles. The third-order valence-corrected chi connectivity index (χ3v) is 3.59. The highest BCUT2D eigenvalue weighted by Gasteiger charge is 2.14. The molecule has 3 aromatic rings. The first-order valence-electron chi connectivity index (χ1n) is 7.84. The second-order valence-corrected chi connectivity index (χ2v) is 5.49. The lowest BCUT2D eigenvalue weighted by Crippen LogP contribution is -2.18. The van der Waals surface area contributed by atoms with Gasteiger partial charge in [0.25, 0.3) is 0 Å². The van der Waals surface area contributed by atoms with E-state index < -0.39 is 0 Å². The molecule has 122 valence electrons. The van der Waals surface area contributed by atoms with Gasteiger partial charge in [-0.2, -0.15) is 0 Å². The molecule has 0 aliphatic heterocycles. The van der Waals surface area contributed by atoms with Gasteiger partial charge in [0.2, 0.25) is 0 Å². The molecular weight excluding hydrogens is 300 g/mol. The summed E-state index contributed by atoms with van der Waals surface area (Å²) < 4.78 is 5.33. The zero-order valence-electron chi connectivity index (χ0n) is 13.8. The van der Waals surface area contributed by atoms with E-state index in [4.69, 9.17) is 4.74 Å². The Morgan fingerprint density at radius 2 is 1.83 bits per heavy atom. The van der Waals surface area contributed by atoms with Crippen LogP contribution in [0.4, 0.5) is 5.82 Å². The first-order valence-corrected chi connectivity index (χ1v) is 7.84. The Balaban J connectivity index is 1.89. The van der Waals surface area contributed by atoms with Crippen molar-refractivity contribution in [2.75, 3.05) is 19.0 Å². The van der Waals surface area contributed by atoms with E-state index in [1.165, 1.54) is 0 Å². The lowest BCUT2D eigenvalue weighted by molar-refractivity contribution is 0.185. The predicted octanol–water partition coefficient (Wildman–Crippen LogP) is 3.65. The van der Waals surface area contributed by atoms with Crippen LogP contribution in [0.15, 0.2) is 60.8 Å². The fourth-order valence-corrected chi connectivity index (χ4v) is 2.49. The lowest BCUT2D eigenvalue weighted by atomic mass is 10.2. The summed E-state index contributed by atoms with van der Waals surface area (Å²) in [6.45, 7) is 2.46. The minimum Gasteiger partial charge on any atom is -0.382 e. The Morgan fingerprint density at radius 3 is 2.54 bits per heavy atom. The Labute approximate surface area is 141 Å². The van der Waals surface area contributed by atoms with Crippen LogP contribution in [0.5, 0.6) is 0 Å². The number of aryl methyl sites for hydroxylation is 1. The number of nitrogens with one attached hydrogen (secondary N) is 1. The molecule has 1 atom stereocenters. The van der Waals surface area contributed by atoms with Crippen molar-refractivity contribution in [2.45, 2.75) is 13.0 Å². The summed E-state index contributed by atoms with van der Waals surface area (Å²) in [6, 6.07) is 17.6. The van der Waals surface area contributed by atoms with E-state index in [0.29, 0.717) is 12.4 Å². The van der Waals surface area contributed by atoms with Gasteiger partial charge in [0.1, 0.15) is 5.82 Å². The van der Waals surface area contributed by atoms with Crippen LogP contribution in [0, 0.1) is 6.92 Å². The summed E-state index contributed by atoms with van der Waals surface area (Å²) in [6.07, 6.45) is 1.78. The number of nitrogens with zero attached hydrogens (tertiary/aromatic N) is 3. The Hall–Kier alpha value is -2.79. The number of aromatic nitrogens is 3. The average molecular weight is 320 g/mol. The smallest absolute Gasteiger partial charge is 0.161 e. The zero-order valence-corrected chi connectivity index (χ0v) is 13.8. The Kier molecular flexibility index (Phi) is 5.13. The van der Waals surface area contributed by atoms with E-state index in [2.05, 4.69) is 20.3 Å². The molecule has 0 radical (unpaired) electrons. The number of pyridine rings is 1. The van der Waals surface area contributed by atoms with Crippen LogP contribution in [0.3, 0.4) is 0 Å². The van der Waals surface area contributed by atoms with Crippen molar-refractivity contribution < 1.29 is 4.74 Å². The second kappa shape index (κ2) is 7.66. The van der Waals surface area contributed by atoms with Gasteiger partial charge < -0.3 is 10.1 Å². The third-order valence-electron chi connectivity index (χ3n) is 3.59. The normalized spacial score (nSPS) is 11.9.